The molecule has 2 unspecified atom stereocenters. The van der Waals surface area contributed by atoms with E-state index in [1.54, 1.807) is 24.4 Å². The number of hydrogen-bond acceptors (Lipinski definition) is 4. The number of furan rings is 1. The molecule has 0 aliphatic carbocycles. The number of aromatic carboxylic acids is 1. The Hall–Kier alpha value is -3.49. The number of carboxylic acids is 1. The monoisotopic (exact) mass is 519 g/mol. The average molecular weight is 520 g/mol. The number of pyridine rings is 1. The van der Waals surface area contributed by atoms with E-state index in [9.17, 15) is 9.90 Å². The van der Waals surface area contributed by atoms with Gasteiger partial charge in [-0.25, -0.2) is 4.79 Å². The number of hydrogen-bond donors (Lipinski definition) is 2. The second kappa shape index (κ2) is 8.80. The molecule has 1 saturated heterocycles. The molecule has 0 amide bonds. The summed E-state index contributed by atoms with van der Waals surface area (Å²) < 4.78 is 7.27. The fraction of sp³-hybridized carbons (Fsp3) is 0.0800. The summed E-state index contributed by atoms with van der Waals surface area (Å²) in [5.41, 5.74) is 2.66. The molecule has 2 N–H and O–H groups in total. The molecule has 2 aromatic carbocycles. The van der Waals surface area contributed by atoms with Crippen molar-refractivity contribution in [1.82, 2.24) is 10.3 Å². The quantitative estimate of drug-likeness (QED) is 0.314. The van der Waals surface area contributed by atoms with Gasteiger partial charge in [0.2, 0.25) is 0 Å². The lowest BCUT2D eigenvalue weighted by atomic mass is 10.0. The molecule has 6 nitrogen and oxygen atoms in total. The van der Waals surface area contributed by atoms with Crippen LogP contribution in [0, 0.1) is 0 Å². The number of carboxylic acid groups (broad SMARTS) is 1. The lowest BCUT2D eigenvalue weighted by molar-refractivity contribution is 0.0697. The lowest BCUT2D eigenvalue weighted by Gasteiger charge is -2.26. The summed E-state index contributed by atoms with van der Waals surface area (Å²) in [4.78, 5) is 18.0. The molecule has 1 fully saturated rings. The van der Waals surface area contributed by atoms with Crippen molar-refractivity contribution < 1.29 is 14.3 Å². The number of carbonyl (C=O) groups is 1. The summed E-state index contributed by atoms with van der Waals surface area (Å²) in [5.74, 6) is 0.295. The number of aromatic nitrogens is 1. The van der Waals surface area contributed by atoms with Crippen LogP contribution < -0.4 is 10.2 Å². The van der Waals surface area contributed by atoms with Gasteiger partial charge in [0.15, 0.2) is 5.11 Å². The third-order valence-corrected chi connectivity index (χ3v) is 6.36. The summed E-state index contributed by atoms with van der Waals surface area (Å²) in [6.45, 7) is 0. The van der Waals surface area contributed by atoms with Gasteiger partial charge in [-0.05, 0) is 72.9 Å². The van der Waals surface area contributed by atoms with Gasteiger partial charge < -0.3 is 19.7 Å². The van der Waals surface area contributed by atoms with E-state index in [-0.39, 0.29) is 17.6 Å². The number of benzene rings is 2. The minimum atomic E-state index is -0.981. The van der Waals surface area contributed by atoms with E-state index in [1.807, 2.05) is 65.6 Å². The summed E-state index contributed by atoms with van der Waals surface area (Å²) in [5, 5.41) is 13.3. The van der Waals surface area contributed by atoms with E-state index in [2.05, 4.69) is 26.2 Å². The van der Waals surface area contributed by atoms with E-state index >= 15 is 0 Å². The van der Waals surface area contributed by atoms with Crippen LogP contribution in [0.1, 0.15) is 33.9 Å². The molecule has 5 rings (SSSR count). The van der Waals surface area contributed by atoms with E-state index in [0.29, 0.717) is 22.2 Å². The topological polar surface area (TPSA) is 78.6 Å². The van der Waals surface area contributed by atoms with Crippen molar-refractivity contribution in [2.75, 3.05) is 4.90 Å². The molecule has 0 bridgehead atoms. The molecule has 0 radical (unpaired) electrons. The van der Waals surface area contributed by atoms with Crippen LogP contribution >= 0.6 is 28.1 Å². The number of thiocarbonyl (C=S) groups is 1. The molecule has 4 aromatic rings. The van der Waals surface area contributed by atoms with E-state index < -0.39 is 5.97 Å². The van der Waals surface area contributed by atoms with Gasteiger partial charge in [0, 0.05) is 21.9 Å². The molecule has 33 heavy (non-hydrogen) atoms. The van der Waals surface area contributed by atoms with Crippen LogP contribution in [0.25, 0.3) is 11.3 Å². The Morgan fingerprint density at radius 1 is 1.06 bits per heavy atom. The fourth-order valence-corrected chi connectivity index (χ4v) is 4.61. The predicted molar refractivity (Wildman–Crippen MR) is 133 cm³/mol. The molecule has 164 valence electrons. The fourth-order valence-electron chi connectivity index (χ4n) is 4.00. The highest BCUT2D eigenvalue weighted by Crippen LogP contribution is 2.43. The average Bonchev–Trinajstić information content (AvgIpc) is 3.45. The van der Waals surface area contributed by atoms with Gasteiger partial charge in [0.1, 0.15) is 17.6 Å². The van der Waals surface area contributed by atoms with Crippen LogP contribution in [0.2, 0.25) is 0 Å². The molecular formula is C25H18BrN3O3S. The minimum Gasteiger partial charge on any atom is -0.478 e. The van der Waals surface area contributed by atoms with Crippen molar-refractivity contribution in [2.24, 2.45) is 0 Å². The second-order valence-corrected chi connectivity index (χ2v) is 8.86. The number of rotatable bonds is 5. The SMILES string of the molecule is O=C(O)c1cccc(-c2ccc(C3C(c4ccccn4)NC(=S)N3c3ccc(Br)cc3)o2)c1. The maximum absolute atomic E-state index is 11.4. The minimum absolute atomic E-state index is 0.206. The standard InChI is InChI=1S/C25H18BrN3O3S/c26-17-7-9-18(10-8-17)29-23(22(28-25(29)33)19-6-1-2-13-27-19)21-12-11-20(32-21)15-4-3-5-16(14-15)24(30)31/h1-14,22-23H,(H,28,33)(H,30,31). The number of halogens is 1. The third-order valence-electron chi connectivity index (χ3n) is 5.52. The first-order valence-corrected chi connectivity index (χ1v) is 11.4. The Labute approximate surface area is 204 Å². The van der Waals surface area contributed by atoms with Crippen molar-refractivity contribution in [3.8, 4) is 11.3 Å². The molecule has 3 heterocycles. The smallest absolute Gasteiger partial charge is 0.335 e. The number of anilines is 1. The summed E-state index contributed by atoms with van der Waals surface area (Å²) in [6, 6.07) is 23.6. The molecular weight excluding hydrogens is 502 g/mol. The third kappa shape index (κ3) is 4.15. The van der Waals surface area contributed by atoms with Gasteiger partial charge in [0.25, 0.3) is 0 Å². The molecule has 1 aliphatic heterocycles. The van der Waals surface area contributed by atoms with E-state index in [0.717, 1.165) is 15.9 Å². The van der Waals surface area contributed by atoms with E-state index in [4.69, 9.17) is 16.6 Å². The van der Waals surface area contributed by atoms with Crippen molar-refractivity contribution in [1.29, 1.82) is 0 Å². The normalized spacial score (nSPS) is 17.7. The zero-order valence-corrected chi connectivity index (χ0v) is 19.6. The van der Waals surface area contributed by atoms with Crippen LogP contribution in [-0.2, 0) is 0 Å². The highest BCUT2D eigenvalue weighted by atomic mass is 79.9. The Bertz CT molecular complexity index is 1320. The van der Waals surface area contributed by atoms with Crippen LogP contribution in [0.5, 0.6) is 0 Å². The highest BCUT2D eigenvalue weighted by Gasteiger charge is 2.42. The Morgan fingerprint density at radius 2 is 1.88 bits per heavy atom. The van der Waals surface area contributed by atoms with Crippen molar-refractivity contribution in [3.05, 3.63) is 107 Å². The van der Waals surface area contributed by atoms with Crippen molar-refractivity contribution in [3.63, 3.8) is 0 Å². The zero-order chi connectivity index (χ0) is 22.9. The first-order chi connectivity index (χ1) is 16.0. The summed E-state index contributed by atoms with van der Waals surface area (Å²) in [6.07, 6.45) is 1.75. The summed E-state index contributed by atoms with van der Waals surface area (Å²) in [7, 11) is 0. The van der Waals surface area contributed by atoms with Gasteiger partial charge in [-0.3, -0.25) is 4.98 Å². The first-order valence-electron chi connectivity index (χ1n) is 10.2. The molecule has 0 saturated carbocycles. The van der Waals surface area contributed by atoms with Gasteiger partial charge in [-0.1, -0.05) is 34.1 Å². The molecule has 1 aliphatic rings. The Morgan fingerprint density at radius 3 is 2.61 bits per heavy atom. The van der Waals surface area contributed by atoms with Gasteiger partial charge >= 0.3 is 5.97 Å². The van der Waals surface area contributed by atoms with Crippen LogP contribution in [0.3, 0.4) is 0 Å². The van der Waals surface area contributed by atoms with Crippen LogP contribution in [-0.4, -0.2) is 21.2 Å². The molecule has 2 atom stereocenters. The van der Waals surface area contributed by atoms with Gasteiger partial charge in [0.05, 0.1) is 17.3 Å². The Balaban J connectivity index is 1.58. The summed E-state index contributed by atoms with van der Waals surface area (Å²) >= 11 is 9.21. The number of nitrogens with one attached hydrogen (secondary N) is 1. The Kier molecular flexibility index (Phi) is 5.70. The van der Waals surface area contributed by atoms with Crippen LogP contribution in [0.15, 0.2) is 93.9 Å². The maximum atomic E-state index is 11.4. The van der Waals surface area contributed by atoms with Gasteiger partial charge in [-0.15, -0.1) is 0 Å². The van der Waals surface area contributed by atoms with Gasteiger partial charge in [-0.2, -0.15) is 0 Å². The molecule has 2 aromatic heterocycles. The molecule has 0 spiro atoms. The first kappa shape index (κ1) is 21.4. The highest BCUT2D eigenvalue weighted by molar-refractivity contribution is 9.10. The van der Waals surface area contributed by atoms with E-state index in [1.165, 1.54) is 0 Å². The second-order valence-electron chi connectivity index (χ2n) is 7.56. The predicted octanol–water partition coefficient (Wildman–Crippen LogP) is 5.98. The number of nitrogens with zero attached hydrogens (tertiary/aromatic N) is 2. The maximum Gasteiger partial charge on any atom is 0.335 e. The molecule has 8 heteroatoms. The zero-order valence-electron chi connectivity index (χ0n) is 17.2. The van der Waals surface area contributed by atoms with Crippen LogP contribution in [0.4, 0.5) is 5.69 Å². The largest absolute Gasteiger partial charge is 0.478 e. The van der Waals surface area contributed by atoms with Crippen molar-refractivity contribution in [2.45, 2.75) is 12.1 Å². The lowest BCUT2D eigenvalue weighted by Crippen LogP contribution is -2.29. The van der Waals surface area contributed by atoms with Crippen molar-refractivity contribution >= 4 is 44.9 Å².